The van der Waals surface area contributed by atoms with Gasteiger partial charge < -0.3 is 19.9 Å². The average Bonchev–Trinajstić information content (AvgIpc) is 3.29. The summed E-state index contributed by atoms with van der Waals surface area (Å²) in [6.07, 6.45) is 6.99. The molecule has 6 rings (SSSR count). The number of aryl methyl sites for hydroxylation is 1. The highest BCUT2D eigenvalue weighted by Gasteiger charge is 2.18. The van der Waals surface area contributed by atoms with Crippen LogP contribution < -0.4 is 15.4 Å². The van der Waals surface area contributed by atoms with Gasteiger partial charge in [0.15, 0.2) is 16.8 Å². The number of fused-ring (bicyclic) bond motifs is 2. The summed E-state index contributed by atoms with van der Waals surface area (Å²) in [5, 5.41) is 7.60. The molecule has 0 aliphatic carbocycles. The van der Waals surface area contributed by atoms with Crippen molar-refractivity contribution in [3.63, 3.8) is 0 Å². The van der Waals surface area contributed by atoms with Gasteiger partial charge in [-0.2, -0.15) is 0 Å². The first kappa shape index (κ1) is 26.1. The number of hydrogen-bond donors (Lipinski definition) is 2. The van der Waals surface area contributed by atoms with Crippen LogP contribution in [0.2, 0.25) is 0 Å². The second-order valence-corrected chi connectivity index (χ2v) is 10.2. The Labute approximate surface area is 229 Å². The van der Waals surface area contributed by atoms with Crippen LogP contribution in [0.15, 0.2) is 54.3 Å². The van der Waals surface area contributed by atoms with Crippen molar-refractivity contribution in [2.24, 2.45) is 7.05 Å². The van der Waals surface area contributed by atoms with Crippen molar-refractivity contribution in [2.75, 3.05) is 18.4 Å². The Morgan fingerprint density at radius 3 is 2.76 bits per heavy atom. The van der Waals surface area contributed by atoms with Crippen LogP contribution in [-0.2, 0) is 7.05 Å². The SMILES string of the molecule is Cc1c(Oc2ccc3c(c2)ncn3C)ccc(Nc2ncnc3cnc(SC4CCNCC4)nc23)c1F.Cl. The van der Waals surface area contributed by atoms with Gasteiger partial charge in [-0.05, 0) is 57.1 Å². The molecule has 4 heterocycles. The third-order valence-corrected chi connectivity index (χ3v) is 7.64. The molecule has 2 aromatic carbocycles. The van der Waals surface area contributed by atoms with E-state index in [1.807, 2.05) is 29.8 Å². The standard InChI is InChI=1S/C26H25FN8OS.ClH/c1-15-22(36-16-3-5-21-19(11-16)32-14-35(21)2)6-4-18(23(15)27)33-25-24-20(30-13-31-25)12-29-26(34-24)37-17-7-9-28-10-8-17;/h3-6,11-14,17,28H,7-10H2,1-2H3,(H,30,31,33);1H. The van der Waals surface area contributed by atoms with Gasteiger partial charge in [-0.3, -0.25) is 0 Å². The molecule has 38 heavy (non-hydrogen) atoms. The number of thioether (sulfide) groups is 1. The summed E-state index contributed by atoms with van der Waals surface area (Å²) in [5.74, 6) is 1.01. The van der Waals surface area contributed by atoms with Crippen LogP contribution in [0.4, 0.5) is 15.9 Å². The van der Waals surface area contributed by atoms with Crippen LogP contribution in [0.25, 0.3) is 22.1 Å². The number of anilines is 2. The van der Waals surface area contributed by atoms with E-state index in [4.69, 9.17) is 9.72 Å². The third kappa shape index (κ3) is 5.22. The fourth-order valence-corrected chi connectivity index (χ4v) is 5.38. The smallest absolute Gasteiger partial charge is 0.188 e. The number of benzene rings is 2. The minimum absolute atomic E-state index is 0. The van der Waals surface area contributed by atoms with Gasteiger partial charge >= 0.3 is 0 Å². The minimum atomic E-state index is -0.429. The molecule has 196 valence electrons. The van der Waals surface area contributed by atoms with Crippen molar-refractivity contribution < 1.29 is 9.13 Å². The molecule has 0 saturated carbocycles. The first-order chi connectivity index (χ1) is 18.0. The molecule has 1 aliphatic heterocycles. The molecule has 0 spiro atoms. The van der Waals surface area contributed by atoms with Crippen LogP contribution in [0.5, 0.6) is 11.5 Å². The summed E-state index contributed by atoms with van der Waals surface area (Å²) in [5.41, 5.74) is 3.60. The van der Waals surface area contributed by atoms with E-state index >= 15 is 4.39 Å². The molecule has 1 aliphatic rings. The number of nitrogens with one attached hydrogen (secondary N) is 2. The normalized spacial score (nSPS) is 14.0. The lowest BCUT2D eigenvalue weighted by atomic mass is 10.1. The Morgan fingerprint density at radius 2 is 1.92 bits per heavy atom. The second kappa shape index (κ2) is 11.1. The van der Waals surface area contributed by atoms with E-state index in [0.29, 0.717) is 44.3 Å². The van der Waals surface area contributed by atoms with E-state index in [1.165, 1.54) is 6.33 Å². The van der Waals surface area contributed by atoms with Gasteiger partial charge in [-0.1, -0.05) is 11.8 Å². The van der Waals surface area contributed by atoms with Gasteiger partial charge in [0, 0.05) is 23.9 Å². The molecule has 1 fully saturated rings. The van der Waals surface area contributed by atoms with Crippen molar-refractivity contribution in [1.29, 1.82) is 0 Å². The Bertz CT molecular complexity index is 1610. The van der Waals surface area contributed by atoms with Crippen LogP contribution in [0, 0.1) is 12.7 Å². The highest BCUT2D eigenvalue weighted by atomic mass is 35.5. The highest BCUT2D eigenvalue weighted by molar-refractivity contribution is 7.99. The van der Waals surface area contributed by atoms with Crippen LogP contribution in [-0.4, -0.2) is 47.8 Å². The van der Waals surface area contributed by atoms with Gasteiger partial charge in [-0.25, -0.2) is 29.3 Å². The molecule has 0 radical (unpaired) electrons. The zero-order valence-electron chi connectivity index (χ0n) is 20.8. The lowest BCUT2D eigenvalue weighted by molar-refractivity contribution is 0.472. The van der Waals surface area contributed by atoms with Gasteiger partial charge in [0.25, 0.3) is 0 Å². The zero-order valence-corrected chi connectivity index (χ0v) is 22.4. The van der Waals surface area contributed by atoms with Gasteiger partial charge in [0.2, 0.25) is 0 Å². The number of halogens is 2. The fraction of sp³-hybridized carbons (Fsp3) is 0.269. The highest BCUT2D eigenvalue weighted by Crippen LogP contribution is 2.34. The largest absolute Gasteiger partial charge is 0.457 e. The Kier molecular flexibility index (Phi) is 7.59. The summed E-state index contributed by atoms with van der Waals surface area (Å²) in [4.78, 5) is 22.2. The fourth-order valence-electron chi connectivity index (χ4n) is 4.36. The molecular weight excluding hydrogens is 527 g/mol. The number of piperidine rings is 1. The van der Waals surface area contributed by atoms with Crippen LogP contribution in [0.3, 0.4) is 0 Å². The summed E-state index contributed by atoms with van der Waals surface area (Å²) in [6, 6.07) is 8.99. The lowest BCUT2D eigenvalue weighted by Crippen LogP contribution is -2.29. The zero-order chi connectivity index (χ0) is 25.4. The number of ether oxygens (including phenoxy) is 1. The van der Waals surface area contributed by atoms with Crippen molar-refractivity contribution >= 4 is 57.7 Å². The van der Waals surface area contributed by atoms with Crippen molar-refractivity contribution in [1.82, 2.24) is 34.8 Å². The average molecular weight is 553 g/mol. The molecule has 0 amide bonds. The van der Waals surface area contributed by atoms with E-state index < -0.39 is 5.82 Å². The topological polar surface area (TPSA) is 103 Å². The molecule has 5 aromatic rings. The summed E-state index contributed by atoms with van der Waals surface area (Å²) >= 11 is 1.66. The molecule has 3 aromatic heterocycles. The summed E-state index contributed by atoms with van der Waals surface area (Å²) in [7, 11) is 1.93. The first-order valence-corrected chi connectivity index (χ1v) is 12.9. The van der Waals surface area contributed by atoms with Gasteiger partial charge in [0.1, 0.15) is 28.9 Å². The molecule has 0 unspecified atom stereocenters. The maximum Gasteiger partial charge on any atom is 0.188 e. The van der Waals surface area contributed by atoms with Crippen molar-refractivity contribution in [2.45, 2.75) is 30.2 Å². The first-order valence-electron chi connectivity index (χ1n) is 12.1. The van der Waals surface area contributed by atoms with E-state index in [0.717, 1.165) is 37.0 Å². The van der Waals surface area contributed by atoms with E-state index in [-0.39, 0.29) is 18.1 Å². The van der Waals surface area contributed by atoms with E-state index in [9.17, 15) is 0 Å². The van der Waals surface area contributed by atoms with E-state index in [1.54, 1.807) is 43.3 Å². The maximum absolute atomic E-state index is 15.5. The Morgan fingerprint density at radius 1 is 1.08 bits per heavy atom. The Hall–Kier alpha value is -3.54. The minimum Gasteiger partial charge on any atom is -0.457 e. The molecule has 0 atom stereocenters. The number of rotatable bonds is 6. The molecule has 2 N–H and O–H groups in total. The quantitative estimate of drug-likeness (QED) is 0.262. The molecule has 1 saturated heterocycles. The number of aromatic nitrogens is 6. The van der Waals surface area contributed by atoms with Crippen molar-refractivity contribution in [3.05, 3.63) is 60.6 Å². The third-order valence-electron chi connectivity index (χ3n) is 6.43. The number of hydrogen-bond acceptors (Lipinski definition) is 9. The predicted octanol–water partition coefficient (Wildman–Crippen LogP) is 5.56. The Balaban J connectivity index is 0.00000294. The number of nitrogens with zero attached hydrogens (tertiary/aromatic N) is 6. The molecule has 9 nitrogen and oxygen atoms in total. The molecular formula is C26H26ClFN8OS. The molecule has 12 heteroatoms. The second-order valence-electron chi connectivity index (χ2n) is 8.96. The van der Waals surface area contributed by atoms with Gasteiger partial charge in [-0.15, -0.1) is 12.4 Å². The monoisotopic (exact) mass is 552 g/mol. The van der Waals surface area contributed by atoms with Crippen molar-refractivity contribution in [3.8, 4) is 11.5 Å². The summed E-state index contributed by atoms with van der Waals surface area (Å²) in [6.45, 7) is 3.68. The predicted molar refractivity (Wildman–Crippen MR) is 149 cm³/mol. The lowest BCUT2D eigenvalue weighted by Gasteiger charge is -2.21. The maximum atomic E-state index is 15.5. The number of imidazole rings is 1. The summed E-state index contributed by atoms with van der Waals surface area (Å²) < 4.78 is 23.4. The van der Waals surface area contributed by atoms with Crippen LogP contribution >= 0.6 is 24.2 Å². The molecule has 0 bridgehead atoms. The van der Waals surface area contributed by atoms with E-state index in [2.05, 4.69) is 30.6 Å². The van der Waals surface area contributed by atoms with Gasteiger partial charge in [0.05, 0.1) is 29.2 Å². The van der Waals surface area contributed by atoms with Crippen LogP contribution in [0.1, 0.15) is 18.4 Å².